The van der Waals surface area contributed by atoms with Crippen LogP contribution in [0.1, 0.15) is 12.5 Å². The third kappa shape index (κ3) is 1.39. The number of aliphatic hydroxyl groups excluding tert-OH is 2. The second-order valence-electron chi connectivity index (χ2n) is 5.47. The minimum atomic E-state index is -0.527. The van der Waals surface area contributed by atoms with Crippen molar-refractivity contribution in [1.29, 1.82) is 0 Å². The summed E-state index contributed by atoms with van der Waals surface area (Å²) in [5, 5.41) is 19.8. The molecule has 0 aliphatic heterocycles. The van der Waals surface area contributed by atoms with Gasteiger partial charge in [-0.25, -0.2) is 15.0 Å². The molecule has 2 aliphatic rings. The number of nitrogen functional groups attached to an aromatic ring is 1. The molecule has 2 bridgehead atoms. The smallest absolute Gasteiger partial charge is 0.165 e. The lowest BCUT2D eigenvalue weighted by Crippen LogP contribution is -2.30. The van der Waals surface area contributed by atoms with Gasteiger partial charge in [0.25, 0.3) is 0 Å². The first-order valence-electron chi connectivity index (χ1n) is 6.63. The number of nitrogens with two attached hydrogens (primary N) is 1. The van der Waals surface area contributed by atoms with Gasteiger partial charge in [-0.05, 0) is 12.0 Å². The van der Waals surface area contributed by atoms with Crippen LogP contribution in [0.15, 0.2) is 24.3 Å². The van der Waals surface area contributed by atoms with Gasteiger partial charge in [-0.3, -0.25) is 0 Å². The van der Waals surface area contributed by atoms with Crippen LogP contribution in [0.5, 0.6) is 0 Å². The second-order valence-corrected chi connectivity index (χ2v) is 5.47. The Kier molecular flexibility index (Phi) is 2.36. The normalized spacial score (nSPS) is 32.0. The maximum Gasteiger partial charge on any atom is 0.165 e. The molecule has 2 aliphatic carbocycles. The molecule has 0 unspecified atom stereocenters. The van der Waals surface area contributed by atoms with Crippen LogP contribution >= 0.6 is 0 Å². The van der Waals surface area contributed by atoms with Gasteiger partial charge in [-0.15, -0.1) is 0 Å². The van der Waals surface area contributed by atoms with Crippen molar-refractivity contribution in [3.05, 3.63) is 24.3 Å². The third-order valence-electron chi connectivity index (χ3n) is 4.52. The van der Waals surface area contributed by atoms with E-state index in [0.717, 1.165) is 12.0 Å². The number of aliphatic hydroxyl groups is 2. The average Bonchev–Trinajstić information content (AvgIpc) is 3.11. The molecule has 4 rings (SSSR count). The molecule has 0 aromatic carbocycles. The van der Waals surface area contributed by atoms with Crippen molar-refractivity contribution in [2.24, 2.45) is 11.8 Å². The average molecular weight is 273 g/mol. The van der Waals surface area contributed by atoms with Gasteiger partial charge in [0.2, 0.25) is 0 Å². The van der Waals surface area contributed by atoms with Crippen LogP contribution in [0, 0.1) is 11.8 Å². The molecule has 2 aromatic heterocycles. The van der Waals surface area contributed by atoms with Gasteiger partial charge in [0.05, 0.1) is 25.1 Å². The van der Waals surface area contributed by atoms with Crippen LogP contribution < -0.4 is 5.73 Å². The Morgan fingerprint density at radius 2 is 2.20 bits per heavy atom. The standard InChI is InChI=1S/C13H15N5O2/c14-12-9-13(16-4-15-12)18(5-17-9)10-6-1-7(3-19)8(2-6)11(10)20/h1,4-6,8,10-11,19-20H,2-3H2,(H2,14,15,16)/t6-,8-,10+,11-/m0/s1. The fourth-order valence-corrected chi connectivity index (χ4v) is 3.63. The van der Waals surface area contributed by atoms with Crippen LogP contribution in [0.4, 0.5) is 5.82 Å². The molecule has 0 saturated heterocycles. The molecule has 7 nitrogen and oxygen atoms in total. The zero-order chi connectivity index (χ0) is 13.9. The molecule has 0 radical (unpaired) electrons. The molecule has 104 valence electrons. The van der Waals surface area contributed by atoms with E-state index in [9.17, 15) is 10.2 Å². The first kappa shape index (κ1) is 11.8. The van der Waals surface area contributed by atoms with E-state index < -0.39 is 6.10 Å². The van der Waals surface area contributed by atoms with Gasteiger partial charge in [0.15, 0.2) is 11.5 Å². The lowest BCUT2D eigenvalue weighted by atomic mass is 9.92. The number of fused-ring (bicyclic) bond motifs is 3. The fourth-order valence-electron chi connectivity index (χ4n) is 3.63. The molecule has 7 heteroatoms. The number of nitrogens with zero attached hydrogens (tertiary/aromatic N) is 4. The maximum absolute atomic E-state index is 10.5. The summed E-state index contributed by atoms with van der Waals surface area (Å²) in [4.78, 5) is 12.4. The van der Waals surface area contributed by atoms with E-state index in [0.29, 0.717) is 17.0 Å². The van der Waals surface area contributed by atoms with Crippen LogP contribution in [-0.2, 0) is 0 Å². The summed E-state index contributed by atoms with van der Waals surface area (Å²) in [5.41, 5.74) is 7.94. The van der Waals surface area contributed by atoms with Crippen molar-refractivity contribution in [2.45, 2.75) is 18.6 Å². The lowest BCUT2D eigenvalue weighted by Gasteiger charge is -2.27. The monoisotopic (exact) mass is 273 g/mol. The molecular formula is C13H15N5O2. The molecule has 4 N–H and O–H groups in total. The maximum atomic E-state index is 10.5. The Morgan fingerprint density at radius 1 is 1.35 bits per heavy atom. The van der Waals surface area contributed by atoms with E-state index in [1.165, 1.54) is 6.33 Å². The number of aromatic nitrogens is 4. The van der Waals surface area contributed by atoms with Crippen molar-refractivity contribution >= 4 is 17.0 Å². The van der Waals surface area contributed by atoms with E-state index in [1.54, 1.807) is 6.33 Å². The van der Waals surface area contributed by atoms with Crippen molar-refractivity contribution in [2.75, 3.05) is 12.3 Å². The largest absolute Gasteiger partial charge is 0.392 e. The SMILES string of the molecule is Nc1ncnc2c1ncn2[C@H]1[C@@H](O)[C@H]2C[C@@H]1C=C2CO. The van der Waals surface area contributed by atoms with Gasteiger partial charge >= 0.3 is 0 Å². The predicted octanol–water partition coefficient (Wildman–Crippen LogP) is -0.121. The molecular weight excluding hydrogens is 258 g/mol. The van der Waals surface area contributed by atoms with Crippen LogP contribution in [0.2, 0.25) is 0 Å². The summed E-state index contributed by atoms with van der Waals surface area (Å²) in [7, 11) is 0. The zero-order valence-electron chi connectivity index (χ0n) is 10.7. The van der Waals surface area contributed by atoms with Crippen molar-refractivity contribution in [3.8, 4) is 0 Å². The summed E-state index contributed by atoms with van der Waals surface area (Å²) < 4.78 is 1.88. The highest BCUT2D eigenvalue weighted by atomic mass is 16.3. The van der Waals surface area contributed by atoms with E-state index in [4.69, 9.17) is 5.73 Å². The summed E-state index contributed by atoms with van der Waals surface area (Å²) in [6, 6.07) is -0.102. The molecule has 0 amide bonds. The van der Waals surface area contributed by atoms with Gasteiger partial charge in [-0.2, -0.15) is 0 Å². The van der Waals surface area contributed by atoms with Crippen LogP contribution in [0.3, 0.4) is 0 Å². The molecule has 0 spiro atoms. The minimum Gasteiger partial charge on any atom is -0.392 e. The van der Waals surface area contributed by atoms with Crippen molar-refractivity contribution in [1.82, 2.24) is 19.5 Å². The van der Waals surface area contributed by atoms with Crippen molar-refractivity contribution < 1.29 is 10.2 Å². The Labute approximate surface area is 114 Å². The number of imidazole rings is 1. The van der Waals surface area contributed by atoms with E-state index in [1.807, 2.05) is 4.57 Å². The Bertz CT molecular complexity index is 710. The van der Waals surface area contributed by atoms with Crippen LogP contribution in [0.25, 0.3) is 11.2 Å². The lowest BCUT2D eigenvalue weighted by molar-refractivity contribution is 0.0929. The third-order valence-corrected chi connectivity index (χ3v) is 4.52. The van der Waals surface area contributed by atoms with Crippen molar-refractivity contribution in [3.63, 3.8) is 0 Å². The number of allylic oxidation sites excluding steroid dienone is 1. The molecule has 4 atom stereocenters. The van der Waals surface area contributed by atoms with E-state index in [-0.39, 0.29) is 24.5 Å². The topological polar surface area (TPSA) is 110 Å². The summed E-state index contributed by atoms with van der Waals surface area (Å²) in [6.07, 6.45) is 5.47. The molecule has 20 heavy (non-hydrogen) atoms. The van der Waals surface area contributed by atoms with E-state index >= 15 is 0 Å². The van der Waals surface area contributed by atoms with Gasteiger partial charge in [0.1, 0.15) is 11.8 Å². The van der Waals surface area contributed by atoms with E-state index in [2.05, 4.69) is 21.0 Å². The zero-order valence-corrected chi connectivity index (χ0v) is 10.7. The molecule has 1 fully saturated rings. The first-order chi connectivity index (χ1) is 9.70. The Hall–Kier alpha value is -1.99. The second kappa shape index (κ2) is 4.00. The first-order valence-corrected chi connectivity index (χ1v) is 6.63. The molecule has 2 aromatic rings. The molecule has 2 heterocycles. The molecule has 1 saturated carbocycles. The number of hydrogen-bond donors (Lipinski definition) is 3. The minimum absolute atomic E-state index is 0.0186. The van der Waals surface area contributed by atoms with Crippen LogP contribution in [-0.4, -0.2) is 42.4 Å². The number of rotatable bonds is 2. The van der Waals surface area contributed by atoms with Gasteiger partial charge < -0.3 is 20.5 Å². The Balaban J connectivity index is 1.82. The quantitative estimate of drug-likeness (QED) is 0.658. The summed E-state index contributed by atoms with van der Waals surface area (Å²) in [5.74, 6) is 0.579. The highest BCUT2D eigenvalue weighted by Gasteiger charge is 2.48. The van der Waals surface area contributed by atoms with Gasteiger partial charge in [0, 0.05) is 11.8 Å². The summed E-state index contributed by atoms with van der Waals surface area (Å²) >= 11 is 0. The predicted molar refractivity (Wildman–Crippen MR) is 71.5 cm³/mol. The Morgan fingerprint density at radius 3 is 2.95 bits per heavy atom. The summed E-state index contributed by atoms with van der Waals surface area (Å²) in [6.45, 7) is 0.0186. The number of hydrogen-bond acceptors (Lipinski definition) is 6. The number of anilines is 1. The highest BCUT2D eigenvalue weighted by Crippen LogP contribution is 2.50. The highest BCUT2D eigenvalue weighted by molar-refractivity contribution is 5.81. The van der Waals surface area contributed by atoms with Gasteiger partial charge in [-0.1, -0.05) is 6.08 Å². The fraction of sp³-hybridized carbons (Fsp3) is 0.462.